The van der Waals surface area contributed by atoms with Gasteiger partial charge in [0.15, 0.2) is 11.9 Å². The molecule has 0 aromatic heterocycles. The van der Waals surface area contributed by atoms with E-state index < -0.39 is 125 Å². The first kappa shape index (κ1) is 69.4. The zero-order valence-corrected chi connectivity index (χ0v) is 48.7. The summed E-state index contributed by atoms with van der Waals surface area (Å²) in [6, 6.07) is 0.570. The Hall–Kier alpha value is -7.90. The third kappa shape index (κ3) is 22.8. The van der Waals surface area contributed by atoms with Gasteiger partial charge in [0.1, 0.15) is 42.3 Å². The number of aliphatic hydroxyl groups is 1. The number of likely N-dealkylation sites (tertiary alicyclic amines) is 1. The van der Waals surface area contributed by atoms with E-state index >= 15 is 0 Å². The average molecular weight is 1190 g/mol. The maximum Gasteiger partial charge on any atom is 0.245 e. The molecule has 3 rings (SSSR count). The van der Waals surface area contributed by atoms with Gasteiger partial charge in [-0.25, -0.2) is 8.42 Å². The molecule has 0 unspecified atom stereocenters. The molecular formula is C52H86N18O12S. The minimum absolute atomic E-state index is 0.00228. The maximum absolute atomic E-state index is 14.5. The highest BCUT2D eigenvalue weighted by molar-refractivity contribution is 7.89. The number of fused-ring (bicyclic) bond motifs is 1. The number of benzene rings is 2. The first-order valence-electron chi connectivity index (χ1n) is 27.4. The molecular weight excluding hydrogens is 1100 g/mol. The Morgan fingerprint density at radius 3 is 1.81 bits per heavy atom. The summed E-state index contributed by atoms with van der Waals surface area (Å²) in [6.45, 7) is 4.47. The molecule has 1 aliphatic rings. The topological polar surface area (TPSA) is 506 Å². The van der Waals surface area contributed by atoms with Crippen LogP contribution in [0.3, 0.4) is 0 Å². The van der Waals surface area contributed by atoms with Gasteiger partial charge < -0.3 is 86.9 Å². The summed E-state index contributed by atoms with van der Waals surface area (Å²) in [6.07, 6.45) is -0.710. The van der Waals surface area contributed by atoms with Crippen LogP contribution < -0.4 is 81.7 Å². The fraction of sp³-hybridized carbons (Fsp3) is 0.596. The van der Waals surface area contributed by atoms with Crippen molar-refractivity contribution in [3.8, 4) is 0 Å². The van der Waals surface area contributed by atoms with Crippen molar-refractivity contribution in [2.24, 2.45) is 56.0 Å². The molecule has 9 amide bonds. The van der Waals surface area contributed by atoms with Crippen LogP contribution in [0.1, 0.15) is 97.8 Å². The number of hydrogen-bond acceptors (Lipinski definition) is 16. The Morgan fingerprint density at radius 1 is 0.687 bits per heavy atom. The summed E-state index contributed by atoms with van der Waals surface area (Å²) in [5.74, 6) is -8.52. The van der Waals surface area contributed by atoms with Crippen molar-refractivity contribution in [2.45, 2.75) is 151 Å². The Morgan fingerprint density at radius 2 is 1.24 bits per heavy atom. The minimum Gasteiger partial charge on any atom is -0.391 e. The number of hydrogen-bond donors (Lipinski definition) is 15. The number of aliphatic imine (C=N–C) groups is 2. The Balaban J connectivity index is 1.78. The molecule has 0 bridgehead atoms. The van der Waals surface area contributed by atoms with Crippen LogP contribution >= 0.6 is 0 Å². The second-order valence-electron chi connectivity index (χ2n) is 20.9. The zero-order chi connectivity index (χ0) is 62.1. The number of aliphatic hydroxyl groups excluding tert-OH is 1. The third-order valence-corrected chi connectivity index (χ3v) is 14.9. The minimum atomic E-state index is -4.33. The first-order chi connectivity index (χ1) is 39.1. The number of anilines is 1. The molecule has 8 atom stereocenters. The number of rotatable bonds is 36. The molecule has 22 N–H and O–H groups in total. The van der Waals surface area contributed by atoms with Gasteiger partial charge in [0.25, 0.3) is 0 Å². The molecule has 462 valence electrons. The molecule has 31 heteroatoms. The summed E-state index contributed by atoms with van der Waals surface area (Å²) >= 11 is 0. The summed E-state index contributed by atoms with van der Waals surface area (Å²) < 4.78 is 31.0. The fourth-order valence-corrected chi connectivity index (χ4v) is 10.6. The maximum atomic E-state index is 14.5. The van der Waals surface area contributed by atoms with Gasteiger partial charge in [0, 0.05) is 56.6 Å². The lowest BCUT2D eigenvalue weighted by molar-refractivity contribution is -0.141. The van der Waals surface area contributed by atoms with Crippen molar-refractivity contribution in [3.63, 3.8) is 0 Å². The molecule has 0 aliphatic carbocycles. The van der Waals surface area contributed by atoms with Gasteiger partial charge in [-0.2, -0.15) is 4.72 Å². The smallest absolute Gasteiger partial charge is 0.245 e. The van der Waals surface area contributed by atoms with Crippen LogP contribution in [0.2, 0.25) is 0 Å². The third-order valence-electron chi connectivity index (χ3n) is 13.4. The molecule has 1 heterocycles. The second kappa shape index (κ2) is 33.9. The van der Waals surface area contributed by atoms with Gasteiger partial charge in [-0.05, 0) is 102 Å². The number of amides is 9. The van der Waals surface area contributed by atoms with E-state index in [0.717, 1.165) is 5.69 Å². The second-order valence-corrected chi connectivity index (χ2v) is 22.5. The first-order valence-corrected chi connectivity index (χ1v) is 28.9. The quantitative estimate of drug-likeness (QED) is 0.0174. The monoisotopic (exact) mass is 1190 g/mol. The van der Waals surface area contributed by atoms with Gasteiger partial charge in [0.05, 0.1) is 17.5 Å². The lowest BCUT2D eigenvalue weighted by Crippen LogP contribution is -2.60. The van der Waals surface area contributed by atoms with E-state index in [0.29, 0.717) is 30.0 Å². The molecule has 2 aromatic carbocycles. The molecule has 1 fully saturated rings. The number of nitrogens with two attached hydrogens (primary N) is 7. The van der Waals surface area contributed by atoms with Crippen molar-refractivity contribution < 1.29 is 56.7 Å². The highest BCUT2D eigenvalue weighted by Gasteiger charge is 2.41. The van der Waals surface area contributed by atoms with E-state index in [1.165, 1.54) is 17.9 Å². The largest absolute Gasteiger partial charge is 0.391 e. The molecule has 1 saturated heterocycles. The van der Waals surface area contributed by atoms with Crippen molar-refractivity contribution in [3.05, 3.63) is 36.4 Å². The average Bonchev–Trinajstić information content (AvgIpc) is 4.09. The van der Waals surface area contributed by atoms with Crippen LogP contribution in [0, 0.1) is 5.92 Å². The summed E-state index contributed by atoms with van der Waals surface area (Å²) in [5.41, 5.74) is 39.0. The SMILES string of the molecule is CC(C)C[C@H](NS(=O)(=O)c1cccc2c(N(C)C)cccc12)C(=O)N1CCC[C@H]1C(=O)N[C@@H](CCCCN)C(=O)N[C@H](C(=O)NCC(=O)N[C@@H](CCC(N)=O)C(=O)N[C@@H](CCCN=C(N)N)C(=O)N[C@@H](CCCN=C(N)N)C(N)=O)[C@@H](C)O. The number of carbonyl (C=O) groups excluding carboxylic acids is 9. The summed E-state index contributed by atoms with van der Waals surface area (Å²) in [5, 5.41) is 26.7. The van der Waals surface area contributed by atoms with Gasteiger partial charge in [-0.1, -0.05) is 38.1 Å². The van der Waals surface area contributed by atoms with Gasteiger partial charge >= 0.3 is 0 Å². The van der Waals surface area contributed by atoms with E-state index in [1.807, 2.05) is 38.9 Å². The van der Waals surface area contributed by atoms with Gasteiger partial charge in [-0.3, -0.25) is 53.1 Å². The fourth-order valence-electron chi connectivity index (χ4n) is 9.19. The summed E-state index contributed by atoms with van der Waals surface area (Å²) in [7, 11) is -0.651. The van der Waals surface area contributed by atoms with Crippen LogP contribution in [0.15, 0.2) is 51.3 Å². The van der Waals surface area contributed by atoms with E-state index in [4.69, 9.17) is 40.1 Å². The van der Waals surface area contributed by atoms with E-state index in [2.05, 4.69) is 46.6 Å². The standard InChI is InChI=1S/C52H86N18O12S/c1-29(2)27-37(68-83(81,82)40-20-9-13-31-32(40)14-8-18-38(31)69(4)5)50(80)70-26-12-19-39(70)48(78)66-34(15-6-7-23-53)47(77)67-43(30(3)71)49(79)62-28-42(73)63-36(21-22-41(54)72)46(76)65-35(17-11-25-61-52(58)59)45(75)64-33(44(55)74)16-10-24-60-51(56)57/h8-9,13-14,18,20,29-30,33-37,39,43,68,71H,6-7,10-12,15-17,19,21-28,53H2,1-5H3,(H2,54,72)(H2,55,74)(H,62,79)(H,63,73)(H,64,75)(H,65,76)(H,66,78)(H,67,77)(H4,56,57,60)(H4,58,59,61)/t30-,33+,34+,35+,36+,37+,39+,43+/m1/s1. The van der Waals surface area contributed by atoms with Crippen molar-refractivity contribution >= 4 is 91.6 Å². The Labute approximate surface area is 483 Å². The molecule has 0 saturated carbocycles. The molecule has 2 aromatic rings. The molecule has 0 radical (unpaired) electrons. The van der Waals surface area contributed by atoms with Crippen LogP contribution in [-0.4, -0.2) is 179 Å². The van der Waals surface area contributed by atoms with Crippen molar-refractivity contribution in [1.82, 2.24) is 41.5 Å². The van der Waals surface area contributed by atoms with Crippen LogP contribution in [0.5, 0.6) is 0 Å². The normalized spacial score (nSPS) is 15.7. The predicted molar refractivity (Wildman–Crippen MR) is 311 cm³/mol. The predicted octanol–water partition coefficient (Wildman–Crippen LogP) is -4.50. The van der Waals surface area contributed by atoms with Crippen LogP contribution in [0.4, 0.5) is 5.69 Å². The number of unbranched alkanes of at least 4 members (excludes halogenated alkanes) is 1. The highest BCUT2D eigenvalue weighted by Crippen LogP contribution is 2.31. The number of nitrogens with zero attached hydrogens (tertiary/aromatic N) is 4. The van der Waals surface area contributed by atoms with Crippen molar-refractivity contribution in [2.75, 3.05) is 51.7 Å². The van der Waals surface area contributed by atoms with E-state index in [9.17, 15) is 56.7 Å². The lowest BCUT2D eigenvalue weighted by atomic mass is 10.0. The Bertz CT molecular complexity index is 2750. The van der Waals surface area contributed by atoms with Crippen molar-refractivity contribution in [1.29, 1.82) is 0 Å². The molecule has 0 spiro atoms. The number of primary amides is 2. The van der Waals surface area contributed by atoms with Gasteiger partial charge in [-0.15, -0.1) is 0 Å². The molecule has 30 nitrogen and oxygen atoms in total. The highest BCUT2D eigenvalue weighted by atomic mass is 32.2. The molecule has 83 heavy (non-hydrogen) atoms. The zero-order valence-electron chi connectivity index (χ0n) is 47.9. The lowest BCUT2D eigenvalue weighted by Gasteiger charge is -2.31. The Kier molecular flexibility index (Phi) is 28.3. The number of sulfonamides is 1. The van der Waals surface area contributed by atoms with Crippen LogP contribution in [0.25, 0.3) is 10.8 Å². The number of guanidine groups is 2. The molecule has 1 aliphatic heterocycles. The summed E-state index contributed by atoms with van der Waals surface area (Å²) in [4.78, 5) is 132. The van der Waals surface area contributed by atoms with E-state index in [1.54, 1.807) is 24.3 Å². The van der Waals surface area contributed by atoms with Gasteiger partial charge in [0.2, 0.25) is 63.2 Å². The van der Waals surface area contributed by atoms with E-state index in [-0.39, 0.29) is 100 Å². The number of carbonyl (C=O) groups is 9. The van der Waals surface area contributed by atoms with Crippen LogP contribution in [-0.2, 0) is 53.2 Å². The number of nitrogens with one attached hydrogen (secondary N) is 7.